The Morgan fingerprint density at radius 3 is 2.08 bits per heavy atom. The molecule has 2 aromatic carbocycles. The van der Waals surface area contributed by atoms with Crippen molar-refractivity contribution in [2.75, 3.05) is 13.1 Å². The van der Waals surface area contributed by atoms with Crippen molar-refractivity contribution in [3.05, 3.63) is 65.7 Å². The van der Waals surface area contributed by atoms with Gasteiger partial charge in [-0.3, -0.25) is 4.79 Å². The second-order valence-electron chi connectivity index (χ2n) is 5.28. The van der Waals surface area contributed by atoms with Gasteiger partial charge in [0.25, 0.3) is 5.91 Å². The van der Waals surface area contributed by atoms with Gasteiger partial charge in [-0.1, -0.05) is 44.2 Å². The number of sulfonamides is 1. The van der Waals surface area contributed by atoms with Gasteiger partial charge >= 0.3 is 0 Å². The van der Waals surface area contributed by atoms with Crippen molar-refractivity contribution in [1.29, 1.82) is 0 Å². The first kappa shape index (κ1) is 18.2. The Morgan fingerprint density at radius 2 is 1.54 bits per heavy atom. The van der Waals surface area contributed by atoms with Crippen LogP contribution < -0.4 is 5.32 Å². The van der Waals surface area contributed by atoms with Crippen LogP contribution in [-0.4, -0.2) is 31.7 Å². The summed E-state index contributed by atoms with van der Waals surface area (Å²) in [6.07, 6.45) is 0. The predicted molar refractivity (Wildman–Crippen MR) is 94.2 cm³/mol. The minimum atomic E-state index is -3.45. The maximum Gasteiger partial charge on any atom is 0.251 e. The zero-order valence-corrected chi connectivity index (χ0v) is 14.7. The highest BCUT2D eigenvalue weighted by molar-refractivity contribution is 7.89. The third-order valence-corrected chi connectivity index (χ3v) is 5.82. The van der Waals surface area contributed by atoms with Gasteiger partial charge < -0.3 is 5.32 Å². The smallest absolute Gasteiger partial charge is 0.251 e. The van der Waals surface area contributed by atoms with Crippen LogP contribution in [0.25, 0.3) is 0 Å². The Labute approximate surface area is 143 Å². The lowest BCUT2D eigenvalue weighted by atomic mass is 10.2. The zero-order valence-electron chi connectivity index (χ0n) is 13.9. The first-order valence-electron chi connectivity index (χ1n) is 7.91. The van der Waals surface area contributed by atoms with E-state index in [1.54, 1.807) is 36.4 Å². The molecule has 24 heavy (non-hydrogen) atoms. The lowest BCUT2D eigenvalue weighted by Gasteiger charge is -2.18. The zero-order chi connectivity index (χ0) is 17.6. The summed E-state index contributed by atoms with van der Waals surface area (Å²) in [4.78, 5) is 12.3. The fourth-order valence-electron chi connectivity index (χ4n) is 2.37. The fraction of sp³-hybridized carbons (Fsp3) is 0.278. The Morgan fingerprint density at radius 1 is 0.958 bits per heavy atom. The van der Waals surface area contributed by atoms with Crippen molar-refractivity contribution in [3.8, 4) is 0 Å². The normalized spacial score (nSPS) is 11.5. The molecule has 0 bridgehead atoms. The van der Waals surface area contributed by atoms with E-state index < -0.39 is 10.0 Å². The van der Waals surface area contributed by atoms with E-state index in [2.05, 4.69) is 5.32 Å². The molecule has 0 unspecified atom stereocenters. The SMILES string of the molecule is CCN(CC)S(=O)(=O)c1ccc(CNC(=O)c2ccccc2)cc1. The van der Waals surface area contributed by atoms with Crippen LogP contribution in [0.1, 0.15) is 29.8 Å². The molecule has 0 aromatic heterocycles. The van der Waals surface area contributed by atoms with Crippen molar-refractivity contribution < 1.29 is 13.2 Å². The monoisotopic (exact) mass is 346 g/mol. The summed E-state index contributed by atoms with van der Waals surface area (Å²) in [6.45, 7) is 4.85. The van der Waals surface area contributed by atoms with E-state index in [0.29, 0.717) is 25.2 Å². The maximum atomic E-state index is 12.4. The van der Waals surface area contributed by atoms with Crippen LogP contribution in [0.5, 0.6) is 0 Å². The third kappa shape index (κ3) is 4.21. The van der Waals surface area contributed by atoms with E-state index >= 15 is 0 Å². The molecule has 0 atom stereocenters. The van der Waals surface area contributed by atoms with Crippen molar-refractivity contribution in [1.82, 2.24) is 9.62 Å². The number of hydrogen-bond donors (Lipinski definition) is 1. The van der Waals surface area contributed by atoms with Gasteiger partial charge in [-0.05, 0) is 29.8 Å². The quantitative estimate of drug-likeness (QED) is 0.838. The molecule has 0 radical (unpaired) electrons. The van der Waals surface area contributed by atoms with Gasteiger partial charge in [0.15, 0.2) is 0 Å². The minimum absolute atomic E-state index is 0.157. The van der Waals surface area contributed by atoms with Gasteiger partial charge in [-0.2, -0.15) is 4.31 Å². The van der Waals surface area contributed by atoms with Gasteiger partial charge in [0, 0.05) is 25.2 Å². The molecule has 2 aromatic rings. The van der Waals surface area contributed by atoms with Crippen molar-refractivity contribution >= 4 is 15.9 Å². The van der Waals surface area contributed by atoms with Crippen LogP contribution >= 0.6 is 0 Å². The number of nitrogens with one attached hydrogen (secondary N) is 1. The number of hydrogen-bond acceptors (Lipinski definition) is 3. The van der Waals surface area contributed by atoms with Crippen LogP contribution in [0.2, 0.25) is 0 Å². The molecule has 0 fully saturated rings. The largest absolute Gasteiger partial charge is 0.348 e. The molecule has 0 heterocycles. The number of rotatable bonds is 7. The lowest BCUT2D eigenvalue weighted by molar-refractivity contribution is 0.0951. The molecule has 1 N–H and O–H groups in total. The number of carbonyl (C=O) groups is 1. The van der Waals surface area contributed by atoms with Crippen LogP contribution in [0.4, 0.5) is 0 Å². The molecule has 0 aliphatic carbocycles. The molecule has 128 valence electrons. The third-order valence-electron chi connectivity index (χ3n) is 3.76. The van der Waals surface area contributed by atoms with E-state index in [1.807, 2.05) is 32.0 Å². The average molecular weight is 346 g/mol. The summed E-state index contributed by atoms with van der Waals surface area (Å²) < 4.78 is 26.2. The summed E-state index contributed by atoms with van der Waals surface area (Å²) in [7, 11) is -3.45. The van der Waals surface area contributed by atoms with Gasteiger partial charge in [-0.15, -0.1) is 0 Å². The highest BCUT2D eigenvalue weighted by Gasteiger charge is 2.21. The number of carbonyl (C=O) groups excluding carboxylic acids is 1. The number of amides is 1. The molecule has 0 saturated heterocycles. The Hall–Kier alpha value is -2.18. The molecule has 0 aliphatic heterocycles. The lowest BCUT2D eigenvalue weighted by Crippen LogP contribution is -2.30. The van der Waals surface area contributed by atoms with Crippen molar-refractivity contribution in [2.45, 2.75) is 25.3 Å². The first-order chi connectivity index (χ1) is 11.5. The molecule has 2 rings (SSSR count). The Kier molecular flexibility index (Phi) is 6.11. The Balaban J connectivity index is 2.04. The van der Waals surface area contributed by atoms with Crippen LogP contribution in [0.15, 0.2) is 59.5 Å². The summed E-state index contributed by atoms with van der Waals surface area (Å²) in [6, 6.07) is 15.6. The molecule has 0 saturated carbocycles. The van der Waals surface area contributed by atoms with Gasteiger partial charge in [0.1, 0.15) is 0 Å². The Bertz CT molecular complexity index is 768. The molecule has 0 aliphatic rings. The molecule has 5 nitrogen and oxygen atoms in total. The van der Waals surface area contributed by atoms with Crippen LogP contribution in [0.3, 0.4) is 0 Å². The second-order valence-corrected chi connectivity index (χ2v) is 7.22. The second kappa shape index (κ2) is 8.08. The minimum Gasteiger partial charge on any atom is -0.348 e. The molecule has 0 spiro atoms. The van der Waals surface area contributed by atoms with Gasteiger partial charge in [-0.25, -0.2) is 8.42 Å². The summed E-state index contributed by atoms with van der Waals surface area (Å²) in [5, 5.41) is 2.82. The van der Waals surface area contributed by atoms with Crippen molar-refractivity contribution in [2.24, 2.45) is 0 Å². The van der Waals surface area contributed by atoms with Gasteiger partial charge in [0.05, 0.1) is 4.90 Å². The van der Waals surface area contributed by atoms with E-state index in [9.17, 15) is 13.2 Å². The highest BCUT2D eigenvalue weighted by atomic mass is 32.2. The van der Waals surface area contributed by atoms with E-state index in [4.69, 9.17) is 0 Å². The molecule has 1 amide bonds. The molecular formula is C18H22N2O3S. The topological polar surface area (TPSA) is 66.5 Å². The van der Waals surface area contributed by atoms with Crippen LogP contribution in [-0.2, 0) is 16.6 Å². The van der Waals surface area contributed by atoms with Crippen LogP contribution in [0, 0.1) is 0 Å². The first-order valence-corrected chi connectivity index (χ1v) is 9.35. The number of nitrogens with zero attached hydrogens (tertiary/aromatic N) is 1. The highest BCUT2D eigenvalue weighted by Crippen LogP contribution is 2.16. The summed E-state index contributed by atoms with van der Waals surface area (Å²) in [5.41, 5.74) is 1.44. The standard InChI is InChI=1S/C18H22N2O3S/c1-3-20(4-2)24(22,23)17-12-10-15(11-13-17)14-19-18(21)16-8-6-5-7-9-16/h5-13H,3-4,14H2,1-2H3,(H,19,21). The van der Waals surface area contributed by atoms with E-state index in [1.165, 1.54) is 4.31 Å². The summed E-state index contributed by atoms with van der Waals surface area (Å²) >= 11 is 0. The van der Waals surface area contributed by atoms with Crippen molar-refractivity contribution in [3.63, 3.8) is 0 Å². The molecule has 6 heteroatoms. The maximum absolute atomic E-state index is 12.4. The number of benzene rings is 2. The van der Waals surface area contributed by atoms with E-state index in [-0.39, 0.29) is 10.8 Å². The summed E-state index contributed by atoms with van der Waals surface area (Å²) in [5.74, 6) is -0.157. The van der Waals surface area contributed by atoms with Gasteiger partial charge in [0.2, 0.25) is 10.0 Å². The molecular weight excluding hydrogens is 324 g/mol. The fourth-order valence-corrected chi connectivity index (χ4v) is 3.82. The average Bonchev–Trinajstić information content (AvgIpc) is 2.61. The van der Waals surface area contributed by atoms with E-state index in [0.717, 1.165) is 5.56 Å². The predicted octanol–water partition coefficient (Wildman–Crippen LogP) is 2.65.